The van der Waals surface area contributed by atoms with Crippen LogP contribution >= 0.6 is 11.3 Å². The van der Waals surface area contributed by atoms with Gasteiger partial charge in [-0.3, -0.25) is 14.7 Å². The predicted octanol–water partition coefficient (Wildman–Crippen LogP) is 2.84. The average Bonchev–Trinajstić information content (AvgIpc) is 3.30. The number of nitrogens with zero attached hydrogens (tertiary/aromatic N) is 4. The van der Waals surface area contributed by atoms with Gasteiger partial charge in [-0.15, -0.1) is 11.3 Å². The lowest BCUT2D eigenvalue weighted by Crippen LogP contribution is -2.38. The van der Waals surface area contributed by atoms with E-state index in [4.69, 9.17) is 11.5 Å². The van der Waals surface area contributed by atoms with E-state index in [0.717, 1.165) is 43.2 Å². The van der Waals surface area contributed by atoms with Crippen molar-refractivity contribution in [1.82, 2.24) is 25.2 Å². The highest BCUT2D eigenvalue weighted by Crippen LogP contribution is 2.26. The number of nitrogens with one attached hydrogen (secondary N) is 2. The summed E-state index contributed by atoms with van der Waals surface area (Å²) in [5.74, 6) is 0.662. The maximum absolute atomic E-state index is 12.6. The fourth-order valence-electron chi connectivity index (χ4n) is 3.88. The monoisotopic (exact) mass is 466 g/mol. The smallest absolute Gasteiger partial charge is 0.270 e. The highest BCUT2D eigenvalue weighted by atomic mass is 32.1. The van der Waals surface area contributed by atoms with E-state index in [9.17, 15) is 4.79 Å². The normalized spacial score (nSPS) is 14.8. The highest BCUT2D eigenvalue weighted by molar-refractivity contribution is 7.14. The van der Waals surface area contributed by atoms with Crippen LogP contribution in [0, 0.1) is 5.92 Å². The lowest BCUT2D eigenvalue weighted by molar-refractivity contribution is 0.0930. The Bertz CT molecular complexity index is 1080. The molecule has 10 heteroatoms. The van der Waals surface area contributed by atoms with Crippen molar-refractivity contribution in [2.45, 2.75) is 26.3 Å². The number of amides is 1. The minimum Gasteiger partial charge on any atom is -0.397 e. The predicted molar refractivity (Wildman–Crippen MR) is 133 cm³/mol. The first kappa shape index (κ1) is 22.9. The van der Waals surface area contributed by atoms with Gasteiger partial charge in [0.25, 0.3) is 5.91 Å². The minimum atomic E-state index is -0.227. The largest absolute Gasteiger partial charge is 0.397 e. The number of piperidine rings is 1. The number of likely N-dealkylation sites (tertiary alicyclic amines) is 1. The molecule has 1 aliphatic rings. The van der Waals surface area contributed by atoms with Crippen molar-refractivity contribution in [3.8, 4) is 10.7 Å². The molecule has 0 radical (unpaired) electrons. The molecule has 0 aromatic carbocycles. The molecular formula is C23H30N8OS. The second-order valence-corrected chi connectivity index (χ2v) is 9.28. The van der Waals surface area contributed by atoms with E-state index >= 15 is 0 Å². The molecular weight excluding hydrogens is 436 g/mol. The molecule has 0 saturated carbocycles. The zero-order chi connectivity index (χ0) is 23.2. The van der Waals surface area contributed by atoms with Gasteiger partial charge in [0.2, 0.25) is 0 Å². The fraction of sp³-hybridized carbons (Fsp3) is 0.391. The molecule has 0 bridgehead atoms. The number of thiazole rings is 1. The van der Waals surface area contributed by atoms with Gasteiger partial charge < -0.3 is 22.1 Å². The zero-order valence-corrected chi connectivity index (χ0v) is 19.6. The van der Waals surface area contributed by atoms with Crippen LogP contribution in [0.4, 0.5) is 17.2 Å². The maximum Gasteiger partial charge on any atom is 0.270 e. The summed E-state index contributed by atoms with van der Waals surface area (Å²) in [6, 6.07) is 7.40. The third-order valence-corrected chi connectivity index (χ3v) is 6.75. The Kier molecular flexibility index (Phi) is 7.36. The zero-order valence-electron chi connectivity index (χ0n) is 18.8. The number of hydrogen-bond donors (Lipinski definition) is 4. The summed E-state index contributed by atoms with van der Waals surface area (Å²) in [5, 5.41) is 7.01. The van der Waals surface area contributed by atoms with Gasteiger partial charge in [-0.1, -0.05) is 6.07 Å². The van der Waals surface area contributed by atoms with Crippen molar-refractivity contribution in [3.63, 3.8) is 0 Å². The van der Waals surface area contributed by atoms with Crippen molar-refractivity contribution in [3.05, 3.63) is 47.2 Å². The molecule has 174 valence electrons. The van der Waals surface area contributed by atoms with Gasteiger partial charge in [0.15, 0.2) is 5.82 Å². The molecule has 4 heterocycles. The molecule has 1 saturated heterocycles. The Morgan fingerprint density at radius 1 is 1.24 bits per heavy atom. The van der Waals surface area contributed by atoms with E-state index in [1.807, 2.05) is 31.3 Å². The van der Waals surface area contributed by atoms with Gasteiger partial charge in [-0.2, -0.15) is 0 Å². The summed E-state index contributed by atoms with van der Waals surface area (Å²) < 4.78 is 0. The SMILES string of the molecule is CCNc1nc(C(=O)NCC2CCN(Cc3cnc(-c4ccccn4)s3)CC2)cc(N)c1N. The van der Waals surface area contributed by atoms with Crippen LogP contribution in [0.2, 0.25) is 0 Å². The number of carbonyl (C=O) groups is 1. The Balaban J connectivity index is 1.25. The Morgan fingerprint density at radius 3 is 2.79 bits per heavy atom. The van der Waals surface area contributed by atoms with Gasteiger partial charge in [-0.25, -0.2) is 9.97 Å². The number of carbonyl (C=O) groups excluding carboxylic acids is 1. The van der Waals surface area contributed by atoms with E-state index in [1.165, 1.54) is 10.9 Å². The van der Waals surface area contributed by atoms with Gasteiger partial charge in [-0.05, 0) is 57.0 Å². The van der Waals surface area contributed by atoms with Crippen molar-refractivity contribution >= 4 is 34.4 Å². The van der Waals surface area contributed by atoms with Crippen LogP contribution in [-0.2, 0) is 6.54 Å². The molecule has 0 aliphatic carbocycles. The third-order valence-electron chi connectivity index (χ3n) is 5.74. The fourth-order valence-corrected chi connectivity index (χ4v) is 4.81. The van der Waals surface area contributed by atoms with Gasteiger partial charge >= 0.3 is 0 Å². The summed E-state index contributed by atoms with van der Waals surface area (Å²) in [6.07, 6.45) is 5.81. The lowest BCUT2D eigenvalue weighted by atomic mass is 9.96. The average molecular weight is 467 g/mol. The van der Waals surface area contributed by atoms with E-state index in [1.54, 1.807) is 17.5 Å². The van der Waals surface area contributed by atoms with Crippen molar-refractivity contribution < 1.29 is 4.79 Å². The van der Waals surface area contributed by atoms with Crippen LogP contribution < -0.4 is 22.1 Å². The number of nitrogen functional groups attached to an aromatic ring is 2. The van der Waals surface area contributed by atoms with Crippen LogP contribution in [0.1, 0.15) is 35.1 Å². The molecule has 0 spiro atoms. The number of aromatic nitrogens is 3. The molecule has 0 unspecified atom stereocenters. The Morgan fingerprint density at radius 2 is 2.06 bits per heavy atom. The second-order valence-electron chi connectivity index (χ2n) is 8.17. The number of pyridine rings is 2. The Hall–Kier alpha value is -3.24. The van der Waals surface area contributed by atoms with Crippen LogP contribution in [0.15, 0.2) is 36.7 Å². The summed E-state index contributed by atoms with van der Waals surface area (Å²) in [5.41, 5.74) is 13.8. The number of hydrogen-bond acceptors (Lipinski definition) is 9. The summed E-state index contributed by atoms with van der Waals surface area (Å²) >= 11 is 1.70. The second kappa shape index (κ2) is 10.6. The molecule has 1 aliphatic heterocycles. The molecule has 1 fully saturated rings. The molecule has 1 amide bonds. The van der Waals surface area contributed by atoms with Crippen molar-refractivity contribution in [2.24, 2.45) is 5.92 Å². The molecule has 0 atom stereocenters. The van der Waals surface area contributed by atoms with E-state index in [2.05, 4.69) is 30.5 Å². The first-order chi connectivity index (χ1) is 16.0. The molecule has 4 rings (SSSR count). The van der Waals surface area contributed by atoms with E-state index in [0.29, 0.717) is 36.2 Å². The summed E-state index contributed by atoms with van der Waals surface area (Å²) in [6.45, 7) is 6.09. The molecule has 3 aromatic rings. The maximum atomic E-state index is 12.6. The van der Waals surface area contributed by atoms with Crippen LogP contribution in [-0.4, -0.2) is 51.9 Å². The minimum absolute atomic E-state index is 0.227. The van der Waals surface area contributed by atoms with Gasteiger partial charge in [0.1, 0.15) is 10.7 Å². The first-order valence-corrected chi connectivity index (χ1v) is 12.0. The molecule has 33 heavy (non-hydrogen) atoms. The number of nitrogens with two attached hydrogens (primary N) is 2. The summed E-state index contributed by atoms with van der Waals surface area (Å²) in [4.78, 5) is 29.5. The Labute approximate surface area is 197 Å². The lowest BCUT2D eigenvalue weighted by Gasteiger charge is -2.31. The molecule has 9 nitrogen and oxygen atoms in total. The van der Waals surface area contributed by atoms with Crippen molar-refractivity contribution in [1.29, 1.82) is 0 Å². The van der Waals surface area contributed by atoms with E-state index < -0.39 is 0 Å². The molecule has 3 aromatic heterocycles. The summed E-state index contributed by atoms with van der Waals surface area (Å²) in [7, 11) is 0. The molecule has 6 N–H and O–H groups in total. The standard InChI is InChI=1S/C23H30N8OS/c1-2-26-21-20(25)17(24)11-19(30-21)22(32)28-12-15-6-9-31(10-7-15)14-16-13-29-23(33-16)18-5-3-4-8-27-18/h3-5,8,11,13,15H,2,6-7,9-10,12,14,25H2,1H3,(H,28,32)(H3,24,26,30). The van der Waals surface area contributed by atoms with Gasteiger partial charge in [0, 0.05) is 36.9 Å². The number of rotatable bonds is 8. The first-order valence-electron chi connectivity index (χ1n) is 11.2. The van der Waals surface area contributed by atoms with Crippen molar-refractivity contribution in [2.75, 3.05) is 43.0 Å². The quantitative estimate of drug-likeness (QED) is 0.398. The highest BCUT2D eigenvalue weighted by Gasteiger charge is 2.21. The number of anilines is 3. The van der Waals surface area contributed by atoms with Crippen LogP contribution in [0.25, 0.3) is 10.7 Å². The third kappa shape index (κ3) is 5.77. The van der Waals surface area contributed by atoms with E-state index in [-0.39, 0.29) is 11.6 Å². The topological polar surface area (TPSA) is 135 Å². The van der Waals surface area contributed by atoms with Crippen LogP contribution in [0.3, 0.4) is 0 Å². The van der Waals surface area contributed by atoms with Crippen LogP contribution in [0.5, 0.6) is 0 Å². The van der Waals surface area contributed by atoms with Gasteiger partial charge in [0.05, 0.1) is 17.1 Å².